The Bertz CT molecular complexity index is 604. The summed E-state index contributed by atoms with van der Waals surface area (Å²) in [4.78, 5) is 12.2. The number of hydrogen-bond donors (Lipinski definition) is 0. The molecule has 1 spiro atoms. The zero-order chi connectivity index (χ0) is 19.3. The van der Waals surface area contributed by atoms with Crippen molar-refractivity contribution < 1.29 is 9.53 Å². The van der Waals surface area contributed by atoms with E-state index in [0.717, 1.165) is 18.4 Å². The molecule has 3 aliphatic rings. The largest absolute Gasteiger partial charge is 0.469 e. The van der Waals surface area contributed by atoms with Crippen LogP contribution in [-0.4, -0.2) is 36.7 Å². The molecule has 0 aromatic carbocycles. The highest BCUT2D eigenvalue weighted by Gasteiger charge is 2.57. The number of thioether (sulfide) groups is 2. The average molecular weight is 413 g/mol. The molecule has 0 unspecified atom stereocenters. The van der Waals surface area contributed by atoms with Crippen molar-refractivity contribution in [3.05, 3.63) is 11.1 Å². The van der Waals surface area contributed by atoms with Gasteiger partial charge in [-0.1, -0.05) is 39.1 Å². The molecule has 26 heavy (non-hydrogen) atoms. The molecule has 0 amide bonds. The van der Waals surface area contributed by atoms with Crippen LogP contribution in [0.4, 0.5) is 0 Å². The first-order chi connectivity index (χ1) is 12.0. The normalized spacial score (nSPS) is 35.3. The molecule has 2 aliphatic carbocycles. The van der Waals surface area contributed by atoms with Crippen molar-refractivity contribution in [3.8, 4) is 0 Å². The van der Waals surface area contributed by atoms with E-state index in [-0.39, 0.29) is 11.9 Å². The van der Waals surface area contributed by atoms with Gasteiger partial charge in [0.2, 0.25) is 0 Å². The molecule has 3 rings (SSSR count). The number of rotatable bonds is 3. The van der Waals surface area contributed by atoms with Crippen LogP contribution in [0.15, 0.2) is 11.1 Å². The Labute approximate surface area is 169 Å². The molecular weight excluding hydrogens is 376 g/mol. The van der Waals surface area contributed by atoms with E-state index >= 15 is 0 Å². The monoisotopic (exact) mass is 412 g/mol. The van der Waals surface area contributed by atoms with Crippen molar-refractivity contribution in [1.82, 2.24) is 0 Å². The minimum absolute atomic E-state index is 0.0111. The summed E-state index contributed by atoms with van der Waals surface area (Å²) < 4.78 is 5.38. The molecule has 0 aromatic rings. The fourth-order valence-electron chi connectivity index (χ4n) is 5.93. The number of carbonyl (C=O) groups is 1. The maximum absolute atomic E-state index is 12.2. The summed E-state index contributed by atoms with van der Waals surface area (Å²) in [5.74, 6) is 2.98. The second-order valence-electron chi connectivity index (χ2n) is 9.91. The lowest BCUT2D eigenvalue weighted by molar-refractivity contribution is -0.147. The van der Waals surface area contributed by atoms with E-state index < -0.39 is 8.07 Å². The van der Waals surface area contributed by atoms with Crippen molar-refractivity contribution in [2.24, 2.45) is 17.3 Å². The van der Waals surface area contributed by atoms with Crippen LogP contribution in [0, 0.1) is 17.3 Å². The van der Waals surface area contributed by atoms with Gasteiger partial charge < -0.3 is 4.74 Å². The average Bonchev–Trinajstić information content (AvgIpc) is 3.06. The number of methoxy groups -OCH3 is 1. The molecule has 1 heterocycles. The van der Waals surface area contributed by atoms with Gasteiger partial charge in [-0.2, -0.15) is 0 Å². The number of esters is 1. The zero-order valence-corrected chi connectivity index (χ0v) is 20.2. The lowest BCUT2D eigenvalue weighted by Gasteiger charge is -2.57. The summed E-state index contributed by atoms with van der Waals surface area (Å²) in [6, 6.07) is 0. The third-order valence-electron chi connectivity index (χ3n) is 7.54. The minimum Gasteiger partial charge on any atom is -0.469 e. The standard InChI is InChI=1S/C21H36O2S2Si/c1-14(19(22)23-4)16-8-9-20(3)17(12-16)15(2)21(24-10-11-25-21)13-18(20)26(5,6)7/h14,16,18H,8-13H2,1-7H3/t14-,16+,18-,20+/m0/s1. The van der Waals surface area contributed by atoms with Gasteiger partial charge in [0, 0.05) is 19.6 Å². The summed E-state index contributed by atoms with van der Waals surface area (Å²) in [7, 11) is 0.236. The SMILES string of the molecule is COC(=O)[C@@H](C)[C@@H]1CC[C@]2(C)C(=C(C)C3(C[C@@H]2[Si](C)(C)C)SCCS3)C1. The van der Waals surface area contributed by atoms with E-state index in [1.54, 1.807) is 11.1 Å². The first kappa shape index (κ1) is 20.9. The molecule has 4 atom stereocenters. The van der Waals surface area contributed by atoms with Crippen molar-refractivity contribution in [2.75, 3.05) is 18.6 Å². The zero-order valence-electron chi connectivity index (χ0n) is 17.6. The predicted octanol–water partition coefficient (Wildman–Crippen LogP) is 6.21. The summed E-state index contributed by atoms with van der Waals surface area (Å²) in [5, 5.41) is 0. The molecule has 0 aromatic heterocycles. The van der Waals surface area contributed by atoms with Gasteiger partial charge in [-0.3, -0.25) is 4.79 Å². The fourth-order valence-corrected chi connectivity index (χ4v) is 12.8. The quantitative estimate of drug-likeness (QED) is 0.313. The van der Waals surface area contributed by atoms with Gasteiger partial charge in [0.1, 0.15) is 0 Å². The van der Waals surface area contributed by atoms with Crippen LogP contribution in [0.5, 0.6) is 0 Å². The molecule has 2 fully saturated rings. The summed E-state index contributed by atoms with van der Waals surface area (Å²) in [5.41, 5.74) is 4.55. The van der Waals surface area contributed by atoms with E-state index in [2.05, 4.69) is 63.9 Å². The first-order valence-electron chi connectivity index (χ1n) is 10.1. The number of ether oxygens (including phenoxy) is 1. The van der Waals surface area contributed by atoms with Crippen molar-refractivity contribution in [3.63, 3.8) is 0 Å². The molecule has 0 radical (unpaired) electrons. The lowest BCUT2D eigenvalue weighted by atomic mass is 9.59. The molecule has 1 saturated heterocycles. The molecule has 2 nitrogen and oxygen atoms in total. The van der Waals surface area contributed by atoms with Gasteiger partial charge >= 0.3 is 5.97 Å². The number of fused-ring (bicyclic) bond motifs is 1. The molecule has 0 bridgehead atoms. The second-order valence-corrected chi connectivity index (χ2v) is 18.4. The molecular formula is C21H36O2S2Si. The van der Waals surface area contributed by atoms with Crippen LogP contribution in [0.25, 0.3) is 0 Å². The van der Waals surface area contributed by atoms with E-state index in [4.69, 9.17) is 4.74 Å². The van der Waals surface area contributed by atoms with Gasteiger partial charge in [0.05, 0.1) is 17.1 Å². The molecule has 1 saturated carbocycles. The predicted molar refractivity (Wildman–Crippen MR) is 119 cm³/mol. The molecule has 1 aliphatic heterocycles. The maximum atomic E-state index is 12.2. The molecule has 0 N–H and O–H groups in total. The van der Waals surface area contributed by atoms with E-state index in [1.165, 1.54) is 31.5 Å². The topological polar surface area (TPSA) is 26.3 Å². The highest BCUT2D eigenvalue weighted by Crippen LogP contribution is 2.68. The Balaban J connectivity index is 2.02. The van der Waals surface area contributed by atoms with Gasteiger partial charge in [-0.15, -0.1) is 23.5 Å². The number of hydrogen-bond acceptors (Lipinski definition) is 4. The summed E-state index contributed by atoms with van der Waals surface area (Å²) in [6.45, 7) is 14.8. The highest BCUT2D eigenvalue weighted by molar-refractivity contribution is 8.21. The van der Waals surface area contributed by atoms with E-state index in [1.807, 2.05) is 0 Å². The van der Waals surface area contributed by atoms with E-state index in [0.29, 0.717) is 15.4 Å². The number of carbonyl (C=O) groups excluding carboxylic acids is 1. The third kappa shape index (κ3) is 3.34. The van der Waals surface area contributed by atoms with Crippen LogP contribution < -0.4 is 0 Å². The van der Waals surface area contributed by atoms with Crippen molar-refractivity contribution >= 4 is 37.6 Å². The molecule has 148 valence electrons. The highest BCUT2D eigenvalue weighted by atomic mass is 32.2. The van der Waals surface area contributed by atoms with Crippen LogP contribution in [0.2, 0.25) is 25.2 Å². The van der Waals surface area contributed by atoms with Gasteiger partial charge in [-0.25, -0.2) is 0 Å². The van der Waals surface area contributed by atoms with Crippen LogP contribution in [0.3, 0.4) is 0 Å². The number of allylic oxidation sites excluding steroid dienone is 1. The smallest absolute Gasteiger partial charge is 0.308 e. The van der Waals surface area contributed by atoms with Gasteiger partial charge in [-0.05, 0) is 55.1 Å². The van der Waals surface area contributed by atoms with Crippen LogP contribution >= 0.6 is 23.5 Å². The summed E-state index contributed by atoms with van der Waals surface area (Å²) in [6.07, 6.45) is 4.87. The van der Waals surface area contributed by atoms with E-state index in [9.17, 15) is 4.79 Å². The van der Waals surface area contributed by atoms with Gasteiger partial charge in [0.15, 0.2) is 0 Å². The Morgan fingerprint density at radius 3 is 2.42 bits per heavy atom. The Morgan fingerprint density at radius 2 is 1.88 bits per heavy atom. The third-order valence-corrected chi connectivity index (χ3v) is 14.1. The second kappa shape index (κ2) is 7.18. The maximum Gasteiger partial charge on any atom is 0.308 e. The first-order valence-corrected chi connectivity index (χ1v) is 15.7. The molecule has 5 heteroatoms. The Hall–Kier alpha value is 0.127. The van der Waals surface area contributed by atoms with Crippen LogP contribution in [0.1, 0.15) is 46.5 Å². The summed E-state index contributed by atoms with van der Waals surface area (Å²) >= 11 is 4.41. The van der Waals surface area contributed by atoms with Crippen molar-refractivity contribution in [1.29, 1.82) is 0 Å². The van der Waals surface area contributed by atoms with Crippen molar-refractivity contribution in [2.45, 2.75) is 75.7 Å². The Morgan fingerprint density at radius 1 is 1.27 bits per heavy atom. The Kier molecular flexibility index (Phi) is 5.76. The lowest BCUT2D eigenvalue weighted by Crippen LogP contribution is -2.50. The minimum atomic E-state index is -1.29. The fraction of sp³-hybridized carbons (Fsp3) is 0.857. The van der Waals surface area contributed by atoms with Gasteiger partial charge in [0.25, 0.3) is 0 Å². The van der Waals surface area contributed by atoms with Crippen LogP contribution in [-0.2, 0) is 9.53 Å².